The average molecular weight is 222 g/mol. The molecule has 0 N–H and O–H groups in total. The first-order valence-electron chi connectivity index (χ1n) is 3.33. The molecule has 70 valence electrons. The minimum Gasteiger partial charge on any atom is -0.287 e. The van der Waals surface area contributed by atoms with Gasteiger partial charge in [0.15, 0.2) is 0 Å². The van der Waals surface area contributed by atoms with Gasteiger partial charge in [-0.15, -0.1) is 0 Å². The minimum atomic E-state index is -1.48. The van der Waals surface area contributed by atoms with Crippen LogP contribution in [0.2, 0.25) is 0 Å². The van der Waals surface area contributed by atoms with Gasteiger partial charge in [0, 0.05) is 24.0 Å². The molecule has 0 fully saturated rings. The van der Waals surface area contributed by atoms with Gasteiger partial charge in [-0.3, -0.25) is 14.9 Å². The summed E-state index contributed by atoms with van der Waals surface area (Å²) >= 11 is 10.9. The fourth-order valence-corrected chi connectivity index (χ4v) is 1.60. The van der Waals surface area contributed by atoms with E-state index in [1.165, 1.54) is 6.92 Å². The number of allylic oxidation sites excluding steroid dienone is 2. The van der Waals surface area contributed by atoms with Gasteiger partial charge in [-0.25, -0.2) is 0 Å². The zero-order chi connectivity index (χ0) is 10.2. The lowest BCUT2D eigenvalue weighted by Gasteiger charge is -2.17. The molecule has 0 atom stereocenters. The highest BCUT2D eigenvalue weighted by Gasteiger charge is 2.38. The van der Waals surface area contributed by atoms with Crippen LogP contribution in [0, 0.1) is 10.1 Å². The molecule has 0 unspecified atom stereocenters. The third kappa shape index (κ3) is 1.73. The second-order valence-corrected chi connectivity index (χ2v) is 3.61. The van der Waals surface area contributed by atoms with E-state index < -0.39 is 16.2 Å². The van der Waals surface area contributed by atoms with Crippen LogP contribution in [0.25, 0.3) is 0 Å². The van der Waals surface area contributed by atoms with E-state index in [2.05, 4.69) is 0 Å². The lowest BCUT2D eigenvalue weighted by molar-refractivity contribution is -0.535. The minimum absolute atomic E-state index is 0.216. The molecule has 0 aromatic carbocycles. The molecule has 1 aliphatic carbocycles. The summed E-state index contributed by atoms with van der Waals surface area (Å²) in [6, 6.07) is 0. The molecule has 6 heteroatoms. The molecule has 1 aliphatic rings. The van der Waals surface area contributed by atoms with Crippen molar-refractivity contribution < 1.29 is 9.72 Å². The quantitative estimate of drug-likeness (QED) is 0.502. The van der Waals surface area contributed by atoms with Crippen LogP contribution >= 0.6 is 23.2 Å². The fourth-order valence-electron chi connectivity index (χ4n) is 0.905. The molecule has 0 radical (unpaired) electrons. The molecule has 0 heterocycles. The van der Waals surface area contributed by atoms with E-state index in [1.807, 2.05) is 0 Å². The van der Waals surface area contributed by atoms with Gasteiger partial charge in [0.25, 0.3) is 5.54 Å². The van der Waals surface area contributed by atoms with Gasteiger partial charge in [-0.1, -0.05) is 23.2 Å². The molecule has 0 spiro atoms. The number of hydrogen-bond acceptors (Lipinski definition) is 3. The molecule has 0 bridgehead atoms. The van der Waals surface area contributed by atoms with E-state index in [-0.39, 0.29) is 10.1 Å². The number of rotatable bonds is 1. The van der Waals surface area contributed by atoms with Gasteiger partial charge in [-0.2, -0.15) is 0 Å². The van der Waals surface area contributed by atoms with Crippen molar-refractivity contribution in [3.8, 4) is 0 Å². The molecule has 1 rings (SSSR count). The van der Waals surface area contributed by atoms with E-state index in [4.69, 9.17) is 23.2 Å². The molecular formula is C7H5Cl2NO3. The Morgan fingerprint density at radius 2 is 1.77 bits per heavy atom. The number of hydrogen-bond donors (Lipinski definition) is 0. The van der Waals surface area contributed by atoms with Crippen molar-refractivity contribution in [2.24, 2.45) is 0 Å². The van der Waals surface area contributed by atoms with Gasteiger partial charge in [0.05, 0.1) is 10.1 Å². The molecule has 13 heavy (non-hydrogen) atoms. The lowest BCUT2D eigenvalue weighted by atomic mass is 9.96. The van der Waals surface area contributed by atoms with E-state index in [1.54, 1.807) is 0 Å². The number of carbonyl (C=O) groups excluding carboxylic acids is 1. The average Bonchev–Trinajstić information content (AvgIpc) is 2.00. The summed E-state index contributed by atoms with van der Waals surface area (Å²) in [4.78, 5) is 21.0. The van der Waals surface area contributed by atoms with Crippen LogP contribution in [-0.2, 0) is 4.79 Å². The van der Waals surface area contributed by atoms with Crippen LogP contribution < -0.4 is 0 Å². The molecule has 0 amide bonds. The summed E-state index contributed by atoms with van der Waals surface area (Å²) in [6.07, 6.45) is 2.14. The van der Waals surface area contributed by atoms with Crippen LogP contribution in [0.3, 0.4) is 0 Å². The fraction of sp³-hybridized carbons (Fsp3) is 0.286. The lowest BCUT2D eigenvalue weighted by Crippen LogP contribution is -2.33. The zero-order valence-corrected chi connectivity index (χ0v) is 8.09. The predicted molar refractivity (Wildman–Crippen MR) is 48.3 cm³/mol. The summed E-state index contributed by atoms with van der Waals surface area (Å²) in [6.45, 7) is 1.31. The van der Waals surface area contributed by atoms with Crippen molar-refractivity contribution in [1.82, 2.24) is 0 Å². The normalized spacial score (nSPS) is 20.7. The number of halogens is 2. The summed E-state index contributed by atoms with van der Waals surface area (Å²) < 4.78 is 0. The van der Waals surface area contributed by atoms with Crippen molar-refractivity contribution in [3.63, 3.8) is 0 Å². The number of nitrogens with zero attached hydrogens (tertiary/aromatic N) is 1. The Morgan fingerprint density at radius 3 is 2.08 bits per heavy atom. The molecule has 0 aromatic heterocycles. The van der Waals surface area contributed by atoms with Gasteiger partial charge >= 0.3 is 0 Å². The van der Waals surface area contributed by atoms with E-state index in [9.17, 15) is 14.9 Å². The summed E-state index contributed by atoms with van der Waals surface area (Å²) in [5.41, 5.74) is -1.48. The predicted octanol–water partition coefficient (Wildman–Crippen LogP) is 1.85. The largest absolute Gasteiger partial charge is 0.287 e. The Labute approximate surface area is 84.0 Å². The maximum Gasteiger partial charge on any atom is 0.259 e. The van der Waals surface area contributed by atoms with Crippen LogP contribution in [-0.4, -0.2) is 16.2 Å². The number of Topliss-reactive ketones (excluding diaryl/α,β-unsaturated/α-hetero) is 1. The Morgan fingerprint density at radius 1 is 1.38 bits per heavy atom. The van der Waals surface area contributed by atoms with Gasteiger partial charge in [0.1, 0.15) is 0 Å². The molecular weight excluding hydrogens is 217 g/mol. The van der Waals surface area contributed by atoms with Gasteiger partial charge in [-0.05, 0) is 0 Å². The Bertz CT molecular complexity index is 324. The van der Waals surface area contributed by atoms with E-state index >= 15 is 0 Å². The van der Waals surface area contributed by atoms with Gasteiger partial charge < -0.3 is 0 Å². The number of carbonyl (C=O) groups is 1. The first-order valence-corrected chi connectivity index (χ1v) is 4.08. The Kier molecular flexibility index (Phi) is 2.45. The highest BCUT2D eigenvalue weighted by molar-refractivity contribution is 6.55. The van der Waals surface area contributed by atoms with E-state index in [0.717, 1.165) is 12.2 Å². The third-order valence-corrected chi connectivity index (χ3v) is 2.23. The van der Waals surface area contributed by atoms with Crippen molar-refractivity contribution in [3.05, 3.63) is 32.3 Å². The molecule has 0 saturated carbocycles. The Hall–Kier alpha value is -0.870. The highest BCUT2D eigenvalue weighted by atomic mass is 35.5. The maximum absolute atomic E-state index is 11.0. The second-order valence-electron chi connectivity index (χ2n) is 2.80. The first-order chi connectivity index (χ1) is 5.87. The highest BCUT2D eigenvalue weighted by Crippen LogP contribution is 2.28. The topological polar surface area (TPSA) is 60.2 Å². The summed E-state index contributed by atoms with van der Waals surface area (Å²) in [5.74, 6) is -0.581. The first kappa shape index (κ1) is 10.2. The van der Waals surface area contributed by atoms with Crippen LogP contribution in [0.1, 0.15) is 6.92 Å². The smallest absolute Gasteiger partial charge is 0.259 e. The Balaban J connectivity index is 3.20. The van der Waals surface area contributed by atoms with Crippen molar-refractivity contribution in [2.75, 3.05) is 0 Å². The second kappa shape index (κ2) is 3.12. The van der Waals surface area contributed by atoms with E-state index in [0.29, 0.717) is 0 Å². The molecule has 0 aliphatic heterocycles. The number of ketones is 1. The zero-order valence-electron chi connectivity index (χ0n) is 6.58. The van der Waals surface area contributed by atoms with Crippen molar-refractivity contribution in [2.45, 2.75) is 12.5 Å². The standard InChI is InChI=1S/C7H5Cl2NO3/c1-7(10(12)13)2-4(8)6(11)5(9)3-7/h2-3H,1H3. The SMILES string of the molecule is CC1([N+](=O)[O-])C=C(Cl)C(=O)C(Cl)=C1. The molecule has 0 saturated heterocycles. The number of nitro groups is 1. The molecule has 0 aromatic rings. The van der Waals surface area contributed by atoms with Crippen molar-refractivity contribution >= 4 is 29.0 Å². The van der Waals surface area contributed by atoms with Crippen LogP contribution in [0.15, 0.2) is 22.2 Å². The van der Waals surface area contributed by atoms with Gasteiger partial charge in [0.2, 0.25) is 5.78 Å². The van der Waals surface area contributed by atoms with Crippen molar-refractivity contribution in [1.29, 1.82) is 0 Å². The third-order valence-electron chi connectivity index (χ3n) is 1.67. The summed E-state index contributed by atoms with van der Waals surface area (Å²) in [5, 5.41) is 10.1. The van der Waals surface area contributed by atoms with Crippen LogP contribution in [0.4, 0.5) is 0 Å². The maximum atomic E-state index is 11.0. The monoisotopic (exact) mass is 221 g/mol. The summed E-state index contributed by atoms with van der Waals surface area (Å²) in [7, 11) is 0. The molecule has 4 nitrogen and oxygen atoms in total. The van der Waals surface area contributed by atoms with Crippen LogP contribution in [0.5, 0.6) is 0 Å².